The highest BCUT2D eigenvalue weighted by molar-refractivity contribution is 5.94. The van der Waals surface area contributed by atoms with Gasteiger partial charge in [0.05, 0.1) is 19.4 Å². The van der Waals surface area contributed by atoms with Crippen molar-refractivity contribution in [2.24, 2.45) is 0 Å². The number of amides is 2. The topological polar surface area (TPSA) is 88.1 Å². The predicted molar refractivity (Wildman–Crippen MR) is 115 cm³/mol. The Morgan fingerprint density at radius 2 is 1.87 bits per heavy atom. The fourth-order valence-corrected chi connectivity index (χ4v) is 3.27. The molecule has 0 N–H and O–H groups in total. The predicted octanol–water partition coefficient (Wildman–Crippen LogP) is 1.77. The summed E-state index contributed by atoms with van der Waals surface area (Å²) in [5.74, 6) is 0.0653. The zero-order valence-electron chi connectivity index (χ0n) is 17.9. The van der Waals surface area contributed by atoms with Crippen LogP contribution in [0.4, 0.5) is 4.79 Å². The van der Waals surface area contributed by atoms with Gasteiger partial charge in [-0.25, -0.2) is 9.78 Å². The van der Waals surface area contributed by atoms with E-state index in [1.165, 1.54) is 18.6 Å². The molecule has 1 aliphatic rings. The summed E-state index contributed by atoms with van der Waals surface area (Å²) in [5, 5.41) is 0. The zero-order valence-corrected chi connectivity index (χ0v) is 17.9. The third kappa shape index (κ3) is 7.30. The minimum Gasteiger partial charge on any atom is -0.389 e. The van der Waals surface area contributed by atoms with Crippen molar-refractivity contribution < 1.29 is 19.1 Å². The van der Waals surface area contributed by atoms with E-state index in [2.05, 4.69) is 14.9 Å². The molecule has 0 spiro atoms. The van der Waals surface area contributed by atoms with Crippen molar-refractivity contribution in [1.29, 1.82) is 0 Å². The Morgan fingerprint density at radius 1 is 1.10 bits per heavy atom. The molecule has 1 aromatic carbocycles. The zero-order chi connectivity index (χ0) is 21.9. The van der Waals surface area contributed by atoms with Gasteiger partial charge in [-0.15, -0.1) is 0 Å². The highest BCUT2D eigenvalue weighted by Gasteiger charge is 2.20. The third-order valence-corrected chi connectivity index (χ3v) is 5.07. The molecular formula is C22H29N5O4. The van der Waals surface area contributed by atoms with Crippen molar-refractivity contribution in [1.82, 2.24) is 24.7 Å². The lowest BCUT2D eigenvalue weighted by atomic mass is 10.2. The van der Waals surface area contributed by atoms with Gasteiger partial charge in [0.15, 0.2) is 0 Å². The second-order valence-corrected chi connectivity index (χ2v) is 7.30. The van der Waals surface area contributed by atoms with Crippen molar-refractivity contribution in [2.75, 3.05) is 59.5 Å². The van der Waals surface area contributed by atoms with Crippen LogP contribution < -0.4 is 4.74 Å². The molecule has 9 nitrogen and oxygen atoms in total. The largest absolute Gasteiger partial charge is 0.416 e. The van der Waals surface area contributed by atoms with Crippen LogP contribution in [0.15, 0.2) is 48.9 Å². The van der Waals surface area contributed by atoms with Gasteiger partial charge in [-0.05, 0) is 18.6 Å². The monoisotopic (exact) mass is 427 g/mol. The van der Waals surface area contributed by atoms with Gasteiger partial charge in [-0.3, -0.25) is 14.7 Å². The summed E-state index contributed by atoms with van der Waals surface area (Å²) in [6.45, 7) is 5.42. The lowest BCUT2D eigenvalue weighted by molar-refractivity contribution is 0.0361. The number of hydrogen-bond donors (Lipinski definition) is 0. The van der Waals surface area contributed by atoms with E-state index in [9.17, 15) is 9.59 Å². The second-order valence-electron chi connectivity index (χ2n) is 7.30. The number of aromatic nitrogens is 2. The minimum atomic E-state index is -0.497. The number of hydrogen-bond acceptors (Lipinski definition) is 7. The Bertz CT molecular complexity index is 815. The van der Waals surface area contributed by atoms with Gasteiger partial charge in [0.25, 0.3) is 5.91 Å². The summed E-state index contributed by atoms with van der Waals surface area (Å²) in [5.41, 5.74) is 0.617. The molecule has 3 rings (SSSR count). The van der Waals surface area contributed by atoms with Crippen molar-refractivity contribution in [3.05, 3.63) is 54.5 Å². The smallest absolute Gasteiger partial charge is 0.389 e. The van der Waals surface area contributed by atoms with Gasteiger partial charge >= 0.3 is 6.09 Å². The van der Waals surface area contributed by atoms with Crippen molar-refractivity contribution >= 4 is 12.0 Å². The quantitative estimate of drug-likeness (QED) is 0.603. The van der Waals surface area contributed by atoms with E-state index in [1.54, 1.807) is 29.0 Å². The Morgan fingerprint density at radius 3 is 2.58 bits per heavy atom. The molecule has 1 fully saturated rings. The Hall–Kier alpha value is -3.04. The highest BCUT2D eigenvalue weighted by Crippen LogP contribution is 2.08. The molecule has 2 aromatic rings. The number of rotatable bonds is 9. The van der Waals surface area contributed by atoms with Crippen LogP contribution >= 0.6 is 0 Å². The van der Waals surface area contributed by atoms with Crippen LogP contribution in [-0.2, 0) is 4.74 Å². The molecule has 0 unspecified atom stereocenters. The van der Waals surface area contributed by atoms with Crippen LogP contribution in [0.3, 0.4) is 0 Å². The molecule has 0 aliphatic carbocycles. The highest BCUT2D eigenvalue weighted by atomic mass is 16.6. The molecule has 31 heavy (non-hydrogen) atoms. The van der Waals surface area contributed by atoms with Crippen molar-refractivity contribution in [3.63, 3.8) is 0 Å². The number of benzene rings is 1. The van der Waals surface area contributed by atoms with Gasteiger partial charge in [-0.2, -0.15) is 0 Å². The lowest BCUT2D eigenvalue weighted by Gasteiger charge is -2.28. The maximum absolute atomic E-state index is 12.7. The summed E-state index contributed by atoms with van der Waals surface area (Å²) < 4.78 is 10.8. The fraction of sp³-hybridized carbons (Fsp3) is 0.455. The Balaban J connectivity index is 1.55. The standard InChI is InChI=1S/C22H29N5O4/c1-25(21(28)19-6-3-2-4-7-19)12-13-27(11-5-10-26-14-16-30-17-15-26)22(29)31-20-18-23-8-9-24-20/h2-4,6-9,18H,5,10-17H2,1H3. The summed E-state index contributed by atoms with van der Waals surface area (Å²) in [4.78, 5) is 38.8. The molecule has 166 valence electrons. The SMILES string of the molecule is CN(CCN(CCCN1CCOCC1)C(=O)Oc1cnccn1)C(=O)c1ccccc1. The maximum atomic E-state index is 12.7. The Labute approximate surface area is 182 Å². The van der Waals surface area contributed by atoms with Crippen molar-refractivity contribution in [2.45, 2.75) is 6.42 Å². The minimum absolute atomic E-state index is 0.0869. The molecule has 0 atom stereocenters. The fourth-order valence-electron chi connectivity index (χ4n) is 3.27. The van der Waals surface area contributed by atoms with Gasteiger partial charge in [0, 0.05) is 64.3 Å². The van der Waals surface area contributed by atoms with Gasteiger partial charge in [0.1, 0.15) is 0 Å². The van der Waals surface area contributed by atoms with Crippen LogP contribution in [0, 0.1) is 0 Å². The summed E-state index contributed by atoms with van der Waals surface area (Å²) >= 11 is 0. The summed E-state index contributed by atoms with van der Waals surface area (Å²) in [6, 6.07) is 9.09. The van der Waals surface area contributed by atoms with Gasteiger partial charge in [-0.1, -0.05) is 18.2 Å². The number of morpholine rings is 1. The number of carbonyl (C=O) groups is 2. The lowest BCUT2D eigenvalue weighted by Crippen LogP contribution is -2.43. The van der Waals surface area contributed by atoms with Gasteiger partial charge < -0.3 is 19.3 Å². The van der Waals surface area contributed by atoms with Crippen molar-refractivity contribution in [3.8, 4) is 5.88 Å². The van der Waals surface area contributed by atoms with Crippen LogP contribution in [0.1, 0.15) is 16.8 Å². The van der Waals surface area contributed by atoms with E-state index >= 15 is 0 Å². The first-order valence-electron chi connectivity index (χ1n) is 10.5. The molecule has 1 saturated heterocycles. The normalized spacial score (nSPS) is 14.1. The first-order chi connectivity index (χ1) is 15.1. The van der Waals surface area contributed by atoms with Crippen LogP contribution in [0.2, 0.25) is 0 Å². The average molecular weight is 428 g/mol. The number of nitrogens with zero attached hydrogens (tertiary/aromatic N) is 5. The van der Waals surface area contributed by atoms with Crippen LogP contribution in [-0.4, -0.2) is 96.2 Å². The average Bonchev–Trinajstić information content (AvgIpc) is 2.82. The first kappa shape index (κ1) is 22.6. The molecule has 1 aromatic heterocycles. The summed E-state index contributed by atoms with van der Waals surface area (Å²) in [7, 11) is 1.73. The molecule has 0 saturated carbocycles. The van der Waals surface area contributed by atoms with E-state index in [1.807, 2.05) is 18.2 Å². The maximum Gasteiger partial charge on any atom is 0.416 e. The number of likely N-dealkylation sites (N-methyl/N-ethyl adjacent to an activating group) is 1. The molecule has 0 radical (unpaired) electrons. The van der Waals surface area contributed by atoms with E-state index in [4.69, 9.17) is 9.47 Å². The van der Waals surface area contributed by atoms with E-state index in [0.717, 1.165) is 39.3 Å². The third-order valence-electron chi connectivity index (χ3n) is 5.07. The molecule has 2 amide bonds. The molecular weight excluding hydrogens is 398 g/mol. The van der Waals surface area contributed by atoms with Crippen LogP contribution in [0.25, 0.3) is 0 Å². The first-order valence-corrected chi connectivity index (χ1v) is 10.5. The molecule has 1 aliphatic heterocycles. The summed E-state index contributed by atoms with van der Waals surface area (Å²) in [6.07, 6.45) is 4.68. The molecule has 2 heterocycles. The number of carbonyl (C=O) groups excluding carboxylic acids is 2. The van der Waals surface area contributed by atoms with E-state index in [-0.39, 0.29) is 11.8 Å². The molecule has 0 bridgehead atoms. The molecule has 9 heteroatoms. The van der Waals surface area contributed by atoms with E-state index in [0.29, 0.717) is 25.2 Å². The number of ether oxygens (including phenoxy) is 2. The van der Waals surface area contributed by atoms with E-state index < -0.39 is 6.09 Å². The Kier molecular flexibility index (Phi) is 8.74. The van der Waals surface area contributed by atoms with Gasteiger partial charge in [0.2, 0.25) is 5.88 Å². The van der Waals surface area contributed by atoms with Crippen LogP contribution in [0.5, 0.6) is 5.88 Å². The second kappa shape index (κ2) is 12.0.